The lowest BCUT2D eigenvalue weighted by molar-refractivity contribution is 0.580. The summed E-state index contributed by atoms with van der Waals surface area (Å²) in [6, 6.07) is 10.1. The molecule has 0 spiro atoms. The summed E-state index contributed by atoms with van der Waals surface area (Å²) in [7, 11) is 0. The van der Waals surface area contributed by atoms with Gasteiger partial charge in [0.2, 0.25) is 0 Å². The van der Waals surface area contributed by atoms with E-state index in [4.69, 9.17) is 0 Å². The number of nitrogens with one attached hydrogen (secondary N) is 1. The van der Waals surface area contributed by atoms with E-state index in [9.17, 15) is 8.78 Å². The molecule has 0 amide bonds. The molecule has 0 aliphatic rings. The quantitative estimate of drug-likeness (QED) is 0.538. The fourth-order valence-electron chi connectivity index (χ4n) is 1.98. The van der Waals surface area contributed by atoms with Crippen molar-refractivity contribution in [1.29, 1.82) is 0 Å². The third-order valence-corrected chi connectivity index (χ3v) is 5.45. The van der Waals surface area contributed by atoms with Crippen molar-refractivity contribution < 1.29 is 8.78 Å². The summed E-state index contributed by atoms with van der Waals surface area (Å²) in [5.41, 5.74) is 0.273. The second kappa shape index (κ2) is 6.25. The number of hydrogen-bond acceptors (Lipinski definition) is 3. The average molecular weight is 386 g/mol. The van der Waals surface area contributed by atoms with Crippen LogP contribution in [0.5, 0.6) is 0 Å². The largest absolute Gasteiger partial charge is 0.370 e. The highest BCUT2D eigenvalue weighted by Crippen LogP contribution is 2.34. The van der Waals surface area contributed by atoms with Crippen LogP contribution in [0.2, 0.25) is 0 Å². The molecule has 108 valence electrons. The smallest absolute Gasteiger partial charge is 0.149 e. The van der Waals surface area contributed by atoms with Gasteiger partial charge in [-0.2, -0.15) is 0 Å². The van der Waals surface area contributed by atoms with E-state index in [1.54, 1.807) is 22.7 Å². The van der Waals surface area contributed by atoms with Crippen LogP contribution in [-0.2, 0) is 0 Å². The SMILES string of the molecule is Fc1cc(F)c(NC(c2cccs2)c2cccs2)cc1Br. The molecule has 3 rings (SSSR count). The third-order valence-electron chi connectivity index (χ3n) is 2.97. The highest BCUT2D eigenvalue weighted by atomic mass is 79.9. The Kier molecular flexibility index (Phi) is 4.37. The van der Waals surface area contributed by atoms with Crippen molar-refractivity contribution in [2.75, 3.05) is 5.32 Å². The predicted octanol–water partition coefficient (Wildman–Crippen LogP) is 6.05. The molecule has 0 saturated heterocycles. The van der Waals surface area contributed by atoms with E-state index in [1.807, 2.05) is 35.0 Å². The first-order chi connectivity index (χ1) is 10.1. The molecule has 3 aromatic rings. The second-order valence-corrected chi connectivity index (χ2v) is 7.17. The minimum absolute atomic E-state index is 0.142. The van der Waals surface area contributed by atoms with Crippen LogP contribution in [0.15, 0.2) is 51.6 Å². The van der Waals surface area contributed by atoms with Crippen LogP contribution in [0, 0.1) is 11.6 Å². The summed E-state index contributed by atoms with van der Waals surface area (Å²) in [5, 5.41) is 7.13. The number of halogens is 3. The Labute approximate surface area is 137 Å². The van der Waals surface area contributed by atoms with Crippen LogP contribution in [-0.4, -0.2) is 0 Å². The summed E-state index contributed by atoms with van der Waals surface area (Å²) < 4.78 is 27.5. The van der Waals surface area contributed by atoms with Gasteiger partial charge in [0.25, 0.3) is 0 Å². The highest BCUT2D eigenvalue weighted by Gasteiger charge is 2.18. The minimum Gasteiger partial charge on any atom is -0.370 e. The first-order valence-corrected chi connectivity index (χ1v) is 8.68. The monoisotopic (exact) mass is 385 g/mol. The average Bonchev–Trinajstić information content (AvgIpc) is 3.14. The molecule has 0 atom stereocenters. The molecule has 21 heavy (non-hydrogen) atoms. The Morgan fingerprint density at radius 3 is 2.10 bits per heavy atom. The van der Waals surface area contributed by atoms with Gasteiger partial charge in [-0.25, -0.2) is 8.78 Å². The fourth-order valence-corrected chi connectivity index (χ4v) is 3.99. The van der Waals surface area contributed by atoms with E-state index in [2.05, 4.69) is 21.2 Å². The van der Waals surface area contributed by atoms with Crippen LogP contribution in [0.4, 0.5) is 14.5 Å². The Balaban J connectivity index is 1.98. The van der Waals surface area contributed by atoms with Gasteiger partial charge in [0.15, 0.2) is 0 Å². The zero-order chi connectivity index (χ0) is 14.8. The standard InChI is InChI=1S/C15H10BrF2NS2/c16-9-7-12(11(18)8-10(9)17)19-15(13-3-1-5-20-13)14-4-2-6-21-14/h1-8,15,19H. The van der Waals surface area contributed by atoms with E-state index < -0.39 is 11.6 Å². The van der Waals surface area contributed by atoms with Gasteiger partial charge >= 0.3 is 0 Å². The molecular formula is C15H10BrF2NS2. The number of hydrogen-bond donors (Lipinski definition) is 1. The lowest BCUT2D eigenvalue weighted by atomic mass is 10.2. The van der Waals surface area contributed by atoms with Gasteiger partial charge in [-0.05, 0) is 44.9 Å². The van der Waals surface area contributed by atoms with Crippen molar-refractivity contribution in [2.24, 2.45) is 0 Å². The Morgan fingerprint density at radius 1 is 0.952 bits per heavy atom. The maximum atomic E-state index is 14.0. The van der Waals surface area contributed by atoms with E-state index in [-0.39, 0.29) is 16.2 Å². The normalized spacial score (nSPS) is 11.0. The molecule has 0 unspecified atom stereocenters. The van der Waals surface area contributed by atoms with Gasteiger partial charge in [-0.3, -0.25) is 0 Å². The molecule has 2 aromatic heterocycles. The number of rotatable bonds is 4. The maximum Gasteiger partial charge on any atom is 0.149 e. The fraction of sp³-hybridized carbons (Fsp3) is 0.0667. The molecule has 0 radical (unpaired) electrons. The lowest BCUT2D eigenvalue weighted by Gasteiger charge is -2.18. The Bertz CT molecular complexity index is 692. The maximum absolute atomic E-state index is 14.0. The zero-order valence-electron chi connectivity index (χ0n) is 10.6. The van der Waals surface area contributed by atoms with Crippen molar-refractivity contribution >= 4 is 44.3 Å². The first kappa shape index (κ1) is 14.7. The Hall–Kier alpha value is -1.24. The van der Waals surface area contributed by atoms with Gasteiger partial charge in [0, 0.05) is 15.8 Å². The summed E-state index contributed by atoms with van der Waals surface area (Å²) in [4.78, 5) is 2.16. The van der Waals surface area contributed by atoms with Crippen LogP contribution >= 0.6 is 38.6 Å². The van der Waals surface area contributed by atoms with Crippen molar-refractivity contribution in [1.82, 2.24) is 0 Å². The second-order valence-electron chi connectivity index (χ2n) is 4.35. The van der Waals surface area contributed by atoms with Crippen molar-refractivity contribution in [3.05, 3.63) is 73.0 Å². The summed E-state index contributed by atoms with van der Waals surface area (Å²) in [5.74, 6) is -1.21. The number of anilines is 1. The van der Waals surface area contributed by atoms with Crippen molar-refractivity contribution in [3.8, 4) is 0 Å². The van der Waals surface area contributed by atoms with Gasteiger partial charge in [-0.15, -0.1) is 22.7 Å². The summed E-state index contributed by atoms with van der Waals surface area (Å²) in [6.07, 6.45) is 0. The first-order valence-electron chi connectivity index (χ1n) is 6.13. The van der Waals surface area contributed by atoms with E-state index in [1.165, 1.54) is 6.07 Å². The molecule has 6 heteroatoms. The Morgan fingerprint density at radius 2 is 1.57 bits per heavy atom. The molecular weight excluding hydrogens is 376 g/mol. The van der Waals surface area contributed by atoms with Crippen LogP contribution in [0.1, 0.15) is 15.8 Å². The van der Waals surface area contributed by atoms with E-state index in [0.717, 1.165) is 15.8 Å². The third kappa shape index (κ3) is 3.17. The van der Waals surface area contributed by atoms with Gasteiger partial charge in [-0.1, -0.05) is 12.1 Å². The van der Waals surface area contributed by atoms with Crippen LogP contribution in [0.3, 0.4) is 0 Å². The number of thiophene rings is 2. The van der Waals surface area contributed by atoms with Crippen molar-refractivity contribution in [2.45, 2.75) is 6.04 Å². The van der Waals surface area contributed by atoms with Gasteiger partial charge in [0.05, 0.1) is 16.2 Å². The van der Waals surface area contributed by atoms with Crippen LogP contribution in [0.25, 0.3) is 0 Å². The van der Waals surface area contributed by atoms with E-state index >= 15 is 0 Å². The highest BCUT2D eigenvalue weighted by molar-refractivity contribution is 9.10. The van der Waals surface area contributed by atoms with Gasteiger partial charge in [0.1, 0.15) is 11.6 Å². The topological polar surface area (TPSA) is 12.0 Å². The molecule has 0 fully saturated rings. The van der Waals surface area contributed by atoms with E-state index in [0.29, 0.717) is 0 Å². The molecule has 2 heterocycles. The predicted molar refractivity (Wildman–Crippen MR) is 88.2 cm³/mol. The molecule has 1 N–H and O–H groups in total. The molecule has 1 nitrogen and oxygen atoms in total. The molecule has 0 aliphatic heterocycles. The minimum atomic E-state index is -0.609. The molecule has 1 aromatic carbocycles. The molecule has 0 bridgehead atoms. The summed E-state index contributed by atoms with van der Waals surface area (Å²) >= 11 is 6.29. The summed E-state index contributed by atoms with van der Waals surface area (Å²) in [6.45, 7) is 0. The molecule has 0 aliphatic carbocycles. The van der Waals surface area contributed by atoms with Crippen LogP contribution < -0.4 is 5.32 Å². The zero-order valence-corrected chi connectivity index (χ0v) is 13.9. The molecule has 0 saturated carbocycles. The van der Waals surface area contributed by atoms with Crippen molar-refractivity contribution in [3.63, 3.8) is 0 Å². The number of benzene rings is 1. The van der Waals surface area contributed by atoms with Gasteiger partial charge < -0.3 is 5.32 Å². The lowest BCUT2D eigenvalue weighted by Crippen LogP contribution is -2.11.